The Balaban J connectivity index is 1.86. The van der Waals surface area contributed by atoms with Crippen molar-refractivity contribution in [1.29, 1.82) is 0 Å². The lowest BCUT2D eigenvalue weighted by molar-refractivity contribution is 0.284. The summed E-state index contributed by atoms with van der Waals surface area (Å²) < 4.78 is 5.60. The summed E-state index contributed by atoms with van der Waals surface area (Å²) in [5.41, 5.74) is 0.923. The molecule has 1 heterocycles. The molecule has 0 saturated heterocycles. The summed E-state index contributed by atoms with van der Waals surface area (Å²) >= 11 is 1.55. The van der Waals surface area contributed by atoms with Gasteiger partial charge in [0.15, 0.2) is 0 Å². The summed E-state index contributed by atoms with van der Waals surface area (Å²) in [6, 6.07) is 9.74. The van der Waals surface area contributed by atoms with Crippen molar-refractivity contribution in [2.75, 3.05) is 6.61 Å². The molecule has 0 radical (unpaired) electrons. The van der Waals surface area contributed by atoms with Gasteiger partial charge in [-0.05, 0) is 19.1 Å². The number of thiazole rings is 1. The third kappa shape index (κ3) is 3.28. The topological polar surface area (TPSA) is 42.4 Å². The van der Waals surface area contributed by atoms with E-state index in [2.05, 4.69) is 4.98 Å². The molecule has 0 amide bonds. The Morgan fingerprint density at radius 3 is 2.71 bits per heavy atom. The fourth-order valence-corrected chi connectivity index (χ4v) is 2.43. The summed E-state index contributed by atoms with van der Waals surface area (Å²) in [5, 5.41) is 10.1. The van der Waals surface area contributed by atoms with Crippen molar-refractivity contribution in [2.24, 2.45) is 0 Å². The van der Waals surface area contributed by atoms with Crippen LogP contribution in [0.15, 0.2) is 30.3 Å². The number of aromatic nitrogens is 1. The van der Waals surface area contributed by atoms with Crippen LogP contribution in [0, 0.1) is 6.92 Å². The number of ether oxygens (including phenoxy) is 1. The van der Waals surface area contributed by atoms with E-state index in [-0.39, 0.29) is 6.61 Å². The van der Waals surface area contributed by atoms with Crippen molar-refractivity contribution < 1.29 is 9.84 Å². The van der Waals surface area contributed by atoms with Gasteiger partial charge in [-0.2, -0.15) is 0 Å². The molecule has 1 aromatic carbocycles. The van der Waals surface area contributed by atoms with Gasteiger partial charge in [0.2, 0.25) is 0 Å². The molecule has 0 atom stereocenters. The maximum Gasteiger partial charge on any atom is 0.119 e. The number of para-hydroxylation sites is 1. The van der Waals surface area contributed by atoms with Crippen LogP contribution in [0.5, 0.6) is 5.75 Å². The lowest BCUT2D eigenvalue weighted by atomic mass is 10.3. The molecule has 0 aliphatic carbocycles. The lowest BCUT2D eigenvalue weighted by Crippen LogP contribution is -2.00. The fraction of sp³-hybridized carbons (Fsp3) is 0.308. The Kier molecular flexibility index (Phi) is 4.12. The molecule has 17 heavy (non-hydrogen) atoms. The van der Waals surface area contributed by atoms with E-state index in [1.807, 2.05) is 37.3 Å². The fourth-order valence-electron chi connectivity index (χ4n) is 1.51. The van der Waals surface area contributed by atoms with Crippen LogP contribution in [0.3, 0.4) is 0 Å². The van der Waals surface area contributed by atoms with Crippen molar-refractivity contribution in [3.8, 4) is 5.75 Å². The van der Waals surface area contributed by atoms with Gasteiger partial charge in [0, 0.05) is 6.42 Å². The number of hydrogen-bond acceptors (Lipinski definition) is 4. The normalized spacial score (nSPS) is 10.5. The second kappa shape index (κ2) is 5.80. The average Bonchev–Trinajstić information content (AvgIpc) is 2.71. The molecule has 0 aliphatic heterocycles. The average molecular weight is 249 g/mol. The second-order valence-electron chi connectivity index (χ2n) is 3.69. The number of hydrogen-bond donors (Lipinski definition) is 1. The number of aliphatic hydroxyl groups is 1. The Hall–Kier alpha value is -1.39. The van der Waals surface area contributed by atoms with Crippen LogP contribution in [0.4, 0.5) is 0 Å². The third-order valence-corrected chi connectivity index (χ3v) is 3.61. The smallest absolute Gasteiger partial charge is 0.119 e. The van der Waals surface area contributed by atoms with Crippen LogP contribution in [0.25, 0.3) is 0 Å². The van der Waals surface area contributed by atoms with Crippen molar-refractivity contribution in [1.82, 2.24) is 4.98 Å². The molecule has 90 valence electrons. The number of aliphatic hydroxyl groups excluding tert-OH is 1. The van der Waals surface area contributed by atoms with Crippen LogP contribution in [0.1, 0.15) is 15.6 Å². The minimum absolute atomic E-state index is 0.0725. The first-order valence-corrected chi connectivity index (χ1v) is 6.35. The van der Waals surface area contributed by atoms with E-state index in [9.17, 15) is 0 Å². The zero-order valence-corrected chi connectivity index (χ0v) is 10.5. The van der Waals surface area contributed by atoms with E-state index >= 15 is 0 Å². The van der Waals surface area contributed by atoms with Gasteiger partial charge in [-0.15, -0.1) is 11.3 Å². The number of benzene rings is 1. The molecule has 2 aromatic rings. The molecule has 0 saturated carbocycles. The van der Waals surface area contributed by atoms with E-state index in [1.54, 1.807) is 11.3 Å². The first-order chi connectivity index (χ1) is 8.29. The molecule has 0 fully saturated rings. The highest BCUT2D eigenvalue weighted by molar-refractivity contribution is 7.11. The molecule has 0 aliphatic rings. The Morgan fingerprint density at radius 2 is 2.06 bits per heavy atom. The Bertz CT molecular complexity index is 468. The van der Waals surface area contributed by atoms with Crippen LogP contribution >= 0.6 is 11.3 Å². The molecule has 3 nitrogen and oxygen atoms in total. The standard InChI is InChI=1S/C13H15NO2S/c1-10-12(9-15)17-13(14-10)7-8-16-11-5-3-2-4-6-11/h2-6,15H,7-9H2,1H3. The minimum atomic E-state index is 0.0725. The van der Waals surface area contributed by atoms with Crippen LogP contribution < -0.4 is 4.74 Å². The summed E-state index contributed by atoms with van der Waals surface area (Å²) in [6.07, 6.45) is 0.778. The van der Waals surface area contributed by atoms with Crippen molar-refractivity contribution in [2.45, 2.75) is 20.0 Å². The van der Waals surface area contributed by atoms with Crippen molar-refractivity contribution >= 4 is 11.3 Å². The predicted molar refractivity (Wildman–Crippen MR) is 68.4 cm³/mol. The van der Waals surface area contributed by atoms with Gasteiger partial charge < -0.3 is 9.84 Å². The lowest BCUT2D eigenvalue weighted by Gasteiger charge is -2.03. The summed E-state index contributed by atoms with van der Waals surface area (Å²) in [4.78, 5) is 5.34. The second-order valence-corrected chi connectivity index (χ2v) is 4.85. The monoisotopic (exact) mass is 249 g/mol. The molecular weight excluding hydrogens is 234 g/mol. The van der Waals surface area contributed by atoms with E-state index < -0.39 is 0 Å². The van der Waals surface area contributed by atoms with Crippen LogP contribution in [-0.4, -0.2) is 16.7 Å². The highest BCUT2D eigenvalue weighted by Crippen LogP contribution is 2.18. The van der Waals surface area contributed by atoms with Crippen LogP contribution in [-0.2, 0) is 13.0 Å². The largest absolute Gasteiger partial charge is 0.493 e. The maximum absolute atomic E-state index is 9.07. The molecular formula is C13H15NO2S. The van der Waals surface area contributed by atoms with Crippen molar-refractivity contribution in [3.63, 3.8) is 0 Å². The number of aryl methyl sites for hydroxylation is 1. The number of nitrogens with zero attached hydrogens (tertiary/aromatic N) is 1. The molecule has 0 bridgehead atoms. The van der Waals surface area contributed by atoms with Gasteiger partial charge in [0.05, 0.1) is 28.8 Å². The molecule has 2 rings (SSSR count). The summed E-state index contributed by atoms with van der Waals surface area (Å²) in [6.45, 7) is 2.61. The minimum Gasteiger partial charge on any atom is -0.493 e. The quantitative estimate of drug-likeness (QED) is 0.885. The SMILES string of the molecule is Cc1nc(CCOc2ccccc2)sc1CO. The van der Waals surface area contributed by atoms with Gasteiger partial charge in [-0.25, -0.2) is 4.98 Å². The Morgan fingerprint density at radius 1 is 1.29 bits per heavy atom. The van der Waals surface area contributed by atoms with Gasteiger partial charge in [-0.3, -0.25) is 0 Å². The van der Waals surface area contributed by atoms with Gasteiger partial charge in [0.25, 0.3) is 0 Å². The van der Waals surface area contributed by atoms with E-state index in [0.29, 0.717) is 6.61 Å². The Labute approximate surface area is 105 Å². The maximum atomic E-state index is 9.07. The third-order valence-electron chi connectivity index (χ3n) is 2.41. The molecule has 4 heteroatoms. The molecule has 1 N–H and O–H groups in total. The van der Waals surface area contributed by atoms with Gasteiger partial charge in [-0.1, -0.05) is 18.2 Å². The first-order valence-electron chi connectivity index (χ1n) is 5.53. The van der Waals surface area contributed by atoms with Crippen LogP contribution in [0.2, 0.25) is 0 Å². The van der Waals surface area contributed by atoms with E-state index in [1.165, 1.54) is 0 Å². The van der Waals surface area contributed by atoms with E-state index in [4.69, 9.17) is 9.84 Å². The predicted octanol–water partition coefficient (Wildman–Crippen LogP) is 2.57. The first kappa shape index (κ1) is 12.1. The molecule has 1 aromatic heterocycles. The molecule has 0 spiro atoms. The van der Waals surface area contributed by atoms with Gasteiger partial charge >= 0.3 is 0 Å². The van der Waals surface area contributed by atoms with Gasteiger partial charge in [0.1, 0.15) is 5.75 Å². The zero-order chi connectivity index (χ0) is 12.1. The summed E-state index contributed by atoms with van der Waals surface area (Å²) in [7, 11) is 0. The highest BCUT2D eigenvalue weighted by atomic mass is 32.1. The number of rotatable bonds is 5. The summed E-state index contributed by atoms with van der Waals surface area (Å²) in [5.74, 6) is 0.878. The zero-order valence-electron chi connectivity index (χ0n) is 9.72. The highest BCUT2D eigenvalue weighted by Gasteiger charge is 2.06. The molecule has 0 unspecified atom stereocenters. The van der Waals surface area contributed by atoms with Crippen molar-refractivity contribution in [3.05, 3.63) is 45.9 Å². The van der Waals surface area contributed by atoms with E-state index in [0.717, 1.165) is 27.7 Å².